The number of aryl methyl sites for hydroxylation is 1. The van der Waals surface area contributed by atoms with Crippen LogP contribution in [0.4, 0.5) is 5.69 Å². The Balaban J connectivity index is 1.74. The predicted molar refractivity (Wildman–Crippen MR) is 107 cm³/mol. The largest absolute Gasteiger partial charge is 0.494 e. The van der Waals surface area contributed by atoms with Crippen LogP contribution in [0.2, 0.25) is 0 Å². The molecule has 1 aliphatic rings. The molecule has 1 aliphatic heterocycles. The molecule has 0 aliphatic carbocycles. The summed E-state index contributed by atoms with van der Waals surface area (Å²) in [6, 6.07) is 12.7. The molecule has 0 unspecified atom stereocenters. The van der Waals surface area contributed by atoms with Crippen LogP contribution < -0.4 is 19.1 Å². The summed E-state index contributed by atoms with van der Waals surface area (Å²) in [5.74, 6) is 0.734. The lowest BCUT2D eigenvalue weighted by Gasteiger charge is -2.34. The lowest BCUT2D eigenvalue weighted by atomic mass is 10.1. The Morgan fingerprint density at radius 2 is 2.07 bits per heavy atom. The van der Waals surface area contributed by atoms with Gasteiger partial charge < -0.3 is 14.8 Å². The molecule has 28 heavy (non-hydrogen) atoms. The van der Waals surface area contributed by atoms with Crippen molar-refractivity contribution in [2.75, 3.05) is 23.7 Å². The highest BCUT2D eigenvalue weighted by molar-refractivity contribution is 7.92. The van der Waals surface area contributed by atoms with Crippen LogP contribution in [-0.2, 0) is 21.4 Å². The molecule has 0 fully saturated rings. The third kappa shape index (κ3) is 4.56. The summed E-state index contributed by atoms with van der Waals surface area (Å²) in [7, 11) is -3.54. The number of sulfonamides is 1. The number of amides is 1. The molecule has 1 atom stereocenters. The van der Waals surface area contributed by atoms with Gasteiger partial charge in [-0.3, -0.25) is 9.10 Å². The summed E-state index contributed by atoms with van der Waals surface area (Å²) < 4.78 is 36.9. The summed E-state index contributed by atoms with van der Waals surface area (Å²) in [6.45, 7) is 4.56. The Labute approximate surface area is 165 Å². The second kappa shape index (κ2) is 8.10. The average Bonchev–Trinajstić information content (AvgIpc) is 2.65. The number of ether oxygens (including phenoxy) is 2. The minimum Gasteiger partial charge on any atom is -0.494 e. The number of hydrogen-bond donors (Lipinski definition) is 1. The third-order valence-corrected chi connectivity index (χ3v) is 5.50. The summed E-state index contributed by atoms with van der Waals surface area (Å²) in [4.78, 5) is 12.6. The molecular weight excluding hydrogens is 380 g/mol. The number of nitrogens with one attached hydrogen (secondary N) is 1. The van der Waals surface area contributed by atoms with Gasteiger partial charge in [0.2, 0.25) is 10.0 Å². The van der Waals surface area contributed by atoms with Gasteiger partial charge in [0, 0.05) is 6.54 Å². The number of carbonyl (C=O) groups is 1. The van der Waals surface area contributed by atoms with Gasteiger partial charge in [-0.05, 0) is 49.2 Å². The molecule has 2 aromatic carbocycles. The predicted octanol–water partition coefficient (Wildman–Crippen LogP) is 2.24. The van der Waals surface area contributed by atoms with Gasteiger partial charge in [-0.2, -0.15) is 0 Å². The van der Waals surface area contributed by atoms with Crippen LogP contribution in [0.15, 0.2) is 42.5 Å². The molecule has 0 saturated heterocycles. The highest BCUT2D eigenvalue weighted by atomic mass is 32.2. The van der Waals surface area contributed by atoms with E-state index in [-0.39, 0.29) is 12.5 Å². The van der Waals surface area contributed by atoms with Gasteiger partial charge in [-0.25, -0.2) is 8.42 Å². The molecule has 150 valence electrons. The van der Waals surface area contributed by atoms with Crippen molar-refractivity contribution in [2.45, 2.75) is 26.5 Å². The first kappa shape index (κ1) is 20.0. The van der Waals surface area contributed by atoms with E-state index in [4.69, 9.17) is 9.47 Å². The Morgan fingerprint density at radius 3 is 2.79 bits per heavy atom. The van der Waals surface area contributed by atoms with E-state index in [2.05, 4.69) is 5.32 Å². The summed E-state index contributed by atoms with van der Waals surface area (Å²) in [5, 5.41) is 2.81. The molecule has 7 nitrogen and oxygen atoms in total. The van der Waals surface area contributed by atoms with Crippen molar-refractivity contribution in [3.63, 3.8) is 0 Å². The van der Waals surface area contributed by atoms with E-state index >= 15 is 0 Å². The number of rotatable bonds is 6. The SMILES string of the molecule is CCOc1cccc(CNC(=O)[C@H]2CN(S(C)(=O)=O)c3cc(C)ccc3O2)c1. The van der Waals surface area contributed by atoms with Crippen LogP contribution in [-0.4, -0.2) is 39.8 Å². The zero-order valence-electron chi connectivity index (χ0n) is 16.1. The van der Waals surface area contributed by atoms with Gasteiger partial charge in [0.25, 0.3) is 5.91 Å². The minimum absolute atomic E-state index is 0.0693. The maximum atomic E-state index is 12.6. The highest BCUT2D eigenvalue weighted by Crippen LogP contribution is 2.35. The van der Waals surface area contributed by atoms with Gasteiger partial charge in [0.1, 0.15) is 11.5 Å². The quantitative estimate of drug-likeness (QED) is 0.798. The monoisotopic (exact) mass is 404 g/mol. The zero-order chi connectivity index (χ0) is 20.3. The fourth-order valence-corrected chi connectivity index (χ4v) is 3.93. The number of nitrogens with zero attached hydrogens (tertiary/aromatic N) is 1. The molecule has 1 N–H and O–H groups in total. The summed E-state index contributed by atoms with van der Waals surface area (Å²) in [6.07, 6.45) is 0.193. The number of anilines is 1. The summed E-state index contributed by atoms with van der Waals surface area (Å²) >= 11 is 0. The van der Waals surface area contributed by atoms with Crippen molar-refractivity contribution >= 4 is 21.6 Å². The van der Waals surface area contributed by atoms with Crippen molar-refractivity contribution in [3.8, 4) is 11.5 Å². The van der Waals surface area contributed by atoms with E-state index in [9.17, 15) is 13.2 Å². The maximum absolute atomic E-state index is 12.6. The first-order valence-corrected chi connectivity index (χ1v) is 10.9. The van der Waals surface area contributed by atoms with Crippen LogP contribution >= 0.6 is 0 Å². The molecule has 0 spiro atoms. The Bertz CT molecular complexity index is 974. The standard InChI is InChI=1S/C20H24N2O5S/c1-4-26-16-7-5-6-15(11-16)12-21-20(23)19-13-22(28(3,24)25)17-10-14(2)8-9-18(17)27-19/h5-11,19H,4,12-13H2,1-3H3,(H,21,23)/t19-/m1/s1. The molecule has 1 amide bonds. The lowest BCUT2D eigenvalue weighted by Crippen LogP contribution is -2.50. The number of fused-ring (bicyclic) bond motifs is 1. The van der Waals surface area contributed by atoms with Crippen LogP contribution in [0.5, 0.6) is 11.5 Å². The van der Waals surface area contributed by atoms with Gasteiger partial charge in [0.15, 0.2) is 6.10 Å². The molecule has 0 bridgehead atoms. The molecular formula is C20H24N2O5S. The van der Waals surface area contributed by atoms with E-state index in [1.165, 1.54) is 4.31 Å². The molecule has 0 aromatic heterocycles. The second-order valence-corrected chi connectivity index (χ2v) is 8.58. The van der Waals surface area contributed by atoms with Crippen LogP contribution in [0.3, 0.4) is 0 Å². The smallest absolute Gasteiger partial charge is 0.263 e. The van der Waals surface area contributed by atoms with Crippen molar-refractivity contribution in [1.82, 2.24) is 5.32 Å². The number of carbonyl (C=O) groups excluding carboxylic acids is 1. The first-order chi connectivity index (χ1) is 13.3. The molecule has 0 saturated carbocycles. The van der Waals surface area contributed by atoms with Crippen LogP contribution in [0.25, 0.3) is 0 Å². The van der Waals surface area contributed by atoms with E-state index < -0.39 is 16.1 Å². The zero-order valence-corrected chi connectivity index (χ0v) is 17.0. The van der Waals surface area contributed by atoms with E-state index in [0.29, 0.717) is 24.6 Å². The van der Waals surface area contributed by atoms with E-state index in [1.807, 2.05) is 44.2 Å². The van der Waals surface area contributed by atoms with Gasteiger partial charge in [-0.15, -0.1) is 0 Å². The van der Waals surface area contributed by atoms with Gasteiger partial charge in [-0.1, -0.05) is 18.2 Å². The average molecular weight is 404 g/mol. The molecule has 3 rings (SSSR count). The van der Waals surface area contributed by atoms with E-state index in [0.717, 1.165) is 23.1 Å². The molecule has 0 radical (unpaired) electrons. The first-order valence-electron chi connectivity index (χ1n) is 9.02. The summed E-state index contributed by atoms with van der Waals surface area (Å²) in [5.41, 5.74) is 2.25. The van der Waals surface area contributed by atoms with Crippen molar-refractivity contribution < 1.29 is 22.7 Å². The highest BCUT2D eigenvalue weighted by Gasteiger charge is 2.34. The molecule has 1 heterocycles. The van der Waals surface area contributed by atoms with Crippen molar-refractivity contribution in [3.05, 3.63) is 53.6 Å². The minimum atomic E-state index is -3.54. The molecule has 8 heteroatoms. The molecule has 2 aromatic rings. The normalized spacial score (nSPS) is 16.1. The fraction of sp³-hybridized carbons (Fsp3) is 0.350. The maximum Gasteiger partial charge on any atom is 0.263 e. The Hall–Kier alpha value is -2.74. The van der Waals surface area contributed by atoms with Crippen molar-refractivity contribution in [1.29, 1.82) is 0 Å². The third-order valence-electron chi connectivity index (χ3n) is 4.35. The van der Waals surface area contributed by atoms with E-state index in [1.54, 1.807) is 12.1 Å². The Kier molecular flexibility index (Phi) is 5.79. The van der Waals surface area contributed by atoms with Gasteiger partial charge in [0.05, 0.1) is 25.1 Å². The topological polar surface area (TPSA) is 84.9 Å². The number of hydrogen-bond acceptors (Lipinski definition) is 5. The Morgan fingerprint density at radius 1 is 1.29 bits per heavy atom. The van der Waals surface area contributed by atoms with Crippen LogP contribution in [0, 0.1) is 6.92 Å². The second-order valence-electron chi connectivity index (χ2n) is 6.67. The lowest BCUT2D eigenvalue weighted by molar-refractivity contribution is -0.127. The van der Waals surface area contributed by atoms with Crippen molar-refractivity contribution in [2.24, 2.45) is 0 Å². The van der Waals surface area contributed by atoms with Gasteiger partial charge >= 0.3 is 0 Å². The fourth-order valence-electron chi connectivity index (χ4n) is 3.03. The van der Waals surface area contributed by atoms with Crippen LogP contribution in [0.1, 0.15) is 18.1 Å². The number of benzene rings is 2.